The molecule has 0 unspecified atom stereocenters. The second-order valence-corrected chi connectivity index (χ2v) is 3.72. The first-order valence-electron chi connectivity index (χ1n) is 6.19. The molecule has 0 atom stereocenters. The minimum atomic E-state index is 0.311. The predicted octanol–water partition coefficient (Wildman–Crippen LogP) is 3.44. The van der Waals surface area contributed by atoms with E-state index in [-0.39, 0.29) is 0 Å². The van der Waals surface area contributed by atoms with Gasteiger partial charge in [0, 0.05) is 6.42 Å². The largest absolute Gasteiger partial charge is 0.475 e. The maximum absolute atomic E-state index is 9.99. The van der Waals surface area contributed by atoms with Crippen LogP contribution in [0.3, 0.4) is 0 Å². The molecule has 0 heterocycles. The van der Waals surface area contributed by atoms with E-state index in [1.54, 1.807) is 6.26 Å². The Morgan fingerprint density at radius 3 is 2.62 bits per heavy atom. The molecule has 16 heavy (non-hydrogen) atoms. The van der Waals surface area contributed by atoms with Gasteiger partial charge in [0.1, 0.15) is 6.29 Å². The summed E-state index contributed by atoms with van der Waals surface area (Å²) in [6.07, 6.45) is 11.9. The monoisotopic (exact) mass is 228 g/mol. The lowest BCUT2D eigenvalue weighted by Gasteiger charge is -2.03. The van der Waals surface area contributed by atoms with E-state index in [1.165, 1.54) is 25.7 Å². The van der Waals surface area contributed by atoms with Crippen molar-refractivity contribution < 1.29 is 14.3 Å². The second-order valence-electron chi connectivity index (χ2n) is 3.72. The normalized spacial score (nSPS) is 10.8. The van der Waals surface area contributed by atoms with Crippen LogP contribution in [0.2, 0.25) is 0 Å². The van der Waals surface area contributed by atoms with E-state index in [2.05, 4.69) is 6.92 Å². The molecule has 0 radical (unpaired) electrons. The van der Waals surface area contributed by atoms with E-state index in [9.17, 15) is 4.79 Å². The maximum Gasteiger partial charge on any atom is 0.188 e. The maximum atomic E-state index is 9.99. The number of carbonyl (C=O) groups is 1. The Bertz CT molecular complexity index is 167. The van der Waals surface area contributed by atoms with E-state index in [1.807, 2.05) is 6.08 Å². The lowest BCUT2D eigenvalue weighted by molar-refractivity contribution is -0.107. The summed E-state index contributed by atoms with van der Waals surface area (Å²) in [6, 6.07) is 0. The Balaban J connectivity index is 2.98. The van der Waals surface area contributed by atoms with Crippen LogP contribution in [-0.2, 0) is 14.3 Å². The van der Waals surface area contributed by atoms with E-state index in [4.69, 9.17) is 9.47 Å². The van der Waals surface area contributed by atoms with Crippen molar-refractivity contribution >= 4 is 6.29 Å². The SMILES string of the molecule is CCCCCCCOCOC=CCCC=O. The molecule has 0 aliphatic rings. The number of hydrogen-bond donors (Lipinski definition) is 0. The van der Waals surface area contributed by atoms with Gasteiger partial charge in [-0.25, -0.2) is 0 Å². The van der Waals surface area contributed by atoms with Crippen molar-refractivity contribution in [3.05, 3.63) is 12.3 Å². The first kappa shape index (κ1) is 15.2. The fraction of sp³-hybridized carbons (Fsp3) is 0.769. The summed E-state index contributed by atoms with van der Waals surface area (Å²) in [5.74, 6) is 0. The van der Waals surface area contributed by atoms with Gasteiger partial charge in [0.05, 0.1) is 12.9 Å². The second kappa shape index (κ2) is 14.2. The molecular formula is C13H24O3. The quantitative estimate of drug-likeness (QED) is 0.222. The Kier molecular flexibility index (Phi) is 13.4. The fourth-order valence-electron chi connectivity index (χ4n) is 1.25. The summed E-state index contributed by atoms with van der Waals surface area (Å²) in [6.45, 7) is 3.29. The molecule has 0 aliphatic heterocycles. The molecule has 0 rings (SSSR count). The average molecular weight is 228 g/mol. The molecule has 0 aromatic carbocycles. The van der Waals surface area contributed by atoms with Crippen molar-refractivity contribution in [2.45, 2.75) is 51.9 Å². The zero-order valence-electron chi connectivity index (χ0n) is 10.3. The summed E-state index contributed by atoms with van der Waals surface area (Å²) in [7, 11) is 0. The first-order valence-corrected chi connectivity index (χ1v) is 6.19. The molecule has 0 saturated heterocycles. The van der Waals surface area contributed by atoms with E-state index in [0.29, 0.717) is 13.2 Å². The van der Waals surface area contributed by atoms with Gasteiger partial charge in [-0.05, 0) is 18.9 Å². The van der Waals surface area contributed by atoms with E-state index >= 15 is 0 Å². The average Bonchev–Trinajstić information content (AvgIpc) is 2.31. The van der Waals surface area contributed by atoms with Crippen LogP contribution in [0.5, 0.6) is 0 Å². The molecule has 0 amide bonds. The Labute approximate surface area is 98.8 Å². The highest BCUT2D eigenvalue weighted by Gasteiger charge is 1.89. The summed E-state index contributed by atoms with van der Waals surface area (Å²) < 4.78 is 10.4. The number of ether oxygens (including phenoxy) is 2. The Hall–Kier alpha value is -0.830. The third-order valence-electron chi connectivity index (χ3n) is 2.19. The molecule has 0 saturated carbocycles. The lowest BCUT2D eigenvalue weighted by atomic mass is 10.2. The summed E-state index contributed by atoms with van der Waals surface area (Å²) in [5, 5.41) is 0. The third kappa shape index (κ3) is 13.2. The predicted molar refractivity (Wildman–Crippen MR) is 65.1 cm³/mol. The van der Waals surface area contributed by atoms with Crippen molar-refractivity contribution in [1.82, 2.24) is 0 Å². The highest BCUT2D eigenvalue weighted by Crippen LogP contribution is 2.02. The standard InChI is InChI=1S/C13H24O3/c1-2-3-4-5-8-11-15-13-16-12-9-6-7-10-14/h9-10,12H,2-8,11,13H2,1H3. The van der Waals surface area contributed by atoms with Crippen molar-refractivity contribution in [2.75, 3.05) is 13.4 Å². The lowest BCUT2D eigenvalue weighted by Crippen LogP contribution is -1.97. The molecule has 0 fully saturated rings. The molecule has 0 N–H and O–H groups in total. The number of allylic oxidation sites excluding steroid dienone is 1. The molecule has 0 aromatic rings. The van der Waals surface area contributed by atoms with Crippen LogP contribution in [0.4, 0.5) is 0 Å². The molecule has 3 heteroatoms. The zero-order valence-corrected chi connectivity index (χ0v) is 10.3. The smallest absolute Gasteiger partial charge is 0.188 e. The van der Waals surface area contributed by atoms with E-state index < -0.39 is 0 Å². The number of unbranched alkanes of at least 4 members (excludes halogenated alkanes) is 5. The molecular weight excluding hydrogens is 204 g/mol. The summed E-state index contributed by atoms with van der Waals surface area (Å²) in [4.78, 5) is 9.99. The molecule has 0 bridgehead atoms. The van der Waals surface area contributed by atoms with Crippen molar-refractivity contribution in [3.8, 4) is 0 Å². The van der Waals surface area contributed by atoms with Gasteiger partial charge in [0.25, 0.3) is 0 Å². The van der Waals surface area contributed by atoms with Crippen LogP contribution >= 0.6 is 0 Å². The van der Waals surface area contributed by atoms with Gasteiger partial charge >= 0.3 is 0 Å². The Morgan fingerprint density at radius 1 is 1.06 bits per heavy atom. The van der Waals surface area contributed by atoms with Crippen LogP contribution in [0.25, 0.3) is 0 Å². The first-order chi connectivity index (χ1) is 7.91. The van der Waals surface area contributed by atoms with Gasteiger partial charge in [0.2, 0.25) is 0 Å². The Morgan fingerprint density at radius 2 is 1.88 bits per heavy atom. The van der Waals surface area contributed by atoms with Gasteiger partial charge in [-0.15, -0.1) is 0 Å². The van der Waals surface area contributed by atoms with Crippen molar-refractivity contribution in [2.24, 2.45) is 0 Å². The van der Waals surface area contributed by atoms with Crippen LogP contribution in [0.1, 0.15) is 51.9 Å². The number of aldehydes is 1. The molecule has 0 aliphatic carbocycles. The minimum Gasteiger partial charge on any atom is -0.475 e. The van der Waals surface area contributed by atoms with Gasteiger partial charge in [-0.3, -0.25) is 0 Å². The summed E-state index contributed by atoms with van der Waals surface area (Å²) in [5.41, 5.74) is 0. The van der Waals surface area contributed by atoms with Crippen molar-refractivity contribution in [1.29, 1.82) is 0 Å². The molecule has 0 aromatic heterocycles. The van der Waals surface area contributed by atoms with Crippen LogP contribution < -0.4 is 0 Å². The highest BCUT2D eigenvalue weighted by atomic mass is 16.7. The summed E-state index contributed by atoms with van der Waals surface area (Å²) >= 11 is 0. The molecule has 0 spiro atoms. The van der Waals surface area contributed by atoms with Gasteiger partial charge in [-0.1, -0.05) is 32.6 Å². The molecule has 3 nitrogen and oxygen atoms in total. The highest BCUT2D eigenvalue weighted by molar-refractivity contribution is 5.49. The number of rotatable bonds is 12. The topological polar surface area (TPSA) is 35.5 Å². The van der Waals surface area contributed by atoms with E-state index in [0.717, 1.165) is 25.7 Å². The van der Waals surface area contributed by atoms with Gasteiger partial charge in [0.15, 0.2) is 6.79 Å². The fourth-order valence-corrected chi connectivity index (χ4v) is 1.25. The van der Waals surface area contributed by atoms with Crippen molar-refractivity contribution in [3.63, 3.8) is 0 Å². The van der Waals surface area contributed by atoms with Crippen LogP contribution in [0.15, 0.2) is 12.3 Å². The van der Waals surface area contributed by atoms with Gasteiger partial charge < -0.3 is 14.3 Å². The van der Waals surface area contributed by atoms with Crippen LogP contribution in [-0.4, -0.2) is 19.7 Å². The van der Waals surface area contributed by atoms with Crippen LogP contribution in [0, 0.1) is 0 Å². The van der Waals surface area contributed by atoms with Gasteiger partial charge in [-0.2, -0.15) is 0 Å². The number of hydrogen-bond acceptors (Lipinski definition) is 3. The minimum absolute atomic E-state index is 0.311. The third-order valence-corrected chi connectivity index (χ3v) is 2.19. The number of carbonyl (C=O) groups excluding carboxylic acids is 1. The molecule has 94 valence electrons. The zero-order chi connectivity index (χ0) is 11.9.